The highest BCUT2D eigenvalue weighted by molar-refractivity contribution is 7.89. The van der Waals surface area contributed by atoms with Gasteiger partial charge in [-0.05, 0) is 25.0 Å². The van der Waals surface area contributed by atoms with Crippen LogP contribution in [0.1, 0.15) is 20.3 Å². The van der Waals surface area contributed by atoms with E-state index < -0.39 is 16.1 Å². The fourth-order valence-corrected chi connectivity index (χ4v) is 3.71. The van der Waals surface area contributed by atoms with Gasteiger partial charge in [0.1, 0.15) is 0 Å². The molecule has 108 valence electrons. The molecule has 0 bridgehead atoms. The summed E-state index contributed by atoms with van der Waals surface area (Å²) in [6.45, 7) is 3.44. The second kappa shape index (κ2) is 7.24. The zero-order chi connectivity index (χ0) is 14.5. The molecule has 0 fully saturated rings. The van der Waals surface area contributed by atoms with Crippen molar-refractivity contribution in [2.75, 3.05) is 6.61 Å². The lowest BCUT2D eigenvalue weighted by Crippen LogP contribution is -2.45. The fraction of sp³-hybridized carbons (Fsp3) is 0.538. The van der Waals surface area contributed by atoms with E-state index >= 15 is 0 Å². The molecule has 3 atom stereocenters. The van der Waals surface area contributed by atoms with Crippen LogP contribution in [0.4, 0.5) is 0 Å². The summed E-state index contributed by atoms with van der Waals surface area (Å²) in [7, 11) is -3.63. The van der Waals surface area contributed by atoms with Crippen LogP contribution in [0.25, 0.3) is 0 Å². The monoisotopic (exact) mass is 305 g/mol. The van der Waals surface area contributed by atoms with E-state index in [4.69, 9.17) is 11.6 Å². The van der Waals surface area contributed by atoms with Crippen molar-refractivity contribution in [1.82, 2.24) is 4.72 Å². The van der Waals surface area contributed by atoms with Crippen LogP contribution in [0.2, 0.25) is 0 Å². The molecule has 0 spiro atoms. The molecule has 19 heavy (non-hydrogen) atoms. The first kappa shape index (κ1) is 16.4. The van der Waals surface area contributed by atoms with Crippen LogP contribution in [0.5, 0.6) is 0 Å². The maximum Gasteiger partial charge on any atom is 0.240 e. The molecule has 1 aromatic rings. The van der Waals surface area contributed by atoms with Gasteiger partial charge in [0.2, 0.25) is 10.0 Å². The molecule has 0 aliphatic rings. The highest BCUT2D eigenvalue weighted by Crippen LogP contribution is 2.20. The van der Waals surface area contributed by atoms with Crippen LogP contribution in [0.15, 0.2) is 35.2 Å². The molecule has 0 heterocycles. The summed E-state index contributed by atoms with van der Waals surface area (Å²) < 4.78 is 26.9. The van der Waals surface area contributed by atoms with Crippen LogP contribution in [-0.2, 0) is 10.0 Å². The van der Waals surface area contributed by atoms with Crippen LogP contribution >= 0.6 is 11.6 Å². The van der Waals surface area contributed by atoms with Gasteiger partial charge in [0, 0.05) is 11.4 Å². The van der Waals surface area contributed by atoms with Gasteiger partial charge in [-0.1, -0.05) is 31.5 Å². The van der Waals surface area contributed by atoms with Crippen molar-refractivity contribution in [3.8, 4) is 0 Å². The largest absolute Gasteiger partial charge is 0.395 e. The molecule has 0 saturated carbocycles. The normalized spacial score (nSPS) is 16.8. The van der Waals surface area contributed by atoms with Gasteiger partial charge in [-0.15, -0.1) is 11.6 Å². The smallest absolute Gasteiger partial charge is 0.240 e. The lowest BCUT2D eigenvalue weighted by atomic mass is 9.95. The van der Waals surface area contributed by atoms with Crippen molar-refractivity contribution in [2.45, 2.75) is 36.6 Å². The summed E-state index contributed by atoms with van der Waals surface area (Å²) in [6, 6.07) is 7.51. The van der Waals surface area contributed by atoms with Crippen LogP contribution in [0, 0.1) is 5.92 Å². The number of alkyl halides is 1. The van der Waals surface area contributed by atoms with Gasteiger partial charge in [0.25, 0.3) is 0 Å². The van der Waals surface area contributed by atoms with Crippen molar-refractivity contribution in [3.05, 3.63) is 30.3 Å². The Kier molecular flexibility index (Phi) is 6.26. The van der Waals surface area contributed by atoms with Crippen molar-refractivity contribution in [2.24, 2.45) is 5.92 Å². The van der Waals surface area contributed by atoms with Gasteiger partial charge in [0.05, 0.1) is 11.5 Å². The minimum absolute atomic E-state index is 0.120. The third-order valence-electron chi connectivity index (χ3n) is 3.13. The Bertz CT molecular complexity index is 476. The molecule has 6 heteroatoms. The van der Waals surface area contributed by atoms with Gasteiger partial charge >= 0.3 is 0 Å². The summed E-state index contributed by atoms with van der Waals surface area (Å²) in [5.41, 5.74) is 0. The standard InChI is InChI=1S/C13H20ClNO3S/c1-3-12(10(2)14)13(9-16)15-19(17,18)11-7-5-4-6-8-11/h4-8,10,12-13,15-16H,3,9H2,1-2H3/t10?,12?,13-/m1/s1. The number of halogens is 1. The van der Waals surface area contributed by atoms with E-state index in [0.29, 0.717) is 6.42 Å². The lowest BCUT2D eigenvalue weighted by Gasteiger charge is -2.27. The lowest BCUT2D eigenvalue weighted by molar-refractivity contribution is 0.210. The maximum absolute atomic E-state index is 12.2. The van der Waals surface area contributed by atoms with E-state index in [2.05, 4.69) is 4.72 Å². The van der Waals surface area contributed by atoms with Crippen molar-refractivity contribution >= 4 is 21.6 Å². The Morgan fingerprint density at radius 3 is 2.32 bits per heavy atom. The number of aliphatic hydroxyl groups is 1. The molecule has 0 radical (unpaired) electrons. The van der Waals surface area contributed by atoms with Crippen LogP contribution < -0.4 is 4.72 Å². The number of rotatable bonds is 7. The highest BCUT2D eigenvalue weighted by atomic mass is 35.5. The summed E-state index contributed by atoms with van der Waals surface area (Å²) >= 11 is 6.05. The van der Waals surface area contributed by atoms with E-state index in [-0.39, 0.29) is 22.8 Å². The molecule has 0 aliphatic carbocycles. The second-order valence-corrected chi connectivity index (χ2v) is 6.88. The zero-order valence-corrected chi connectivity index (χ0v) is 12.7. The number of hydrogen-bond acceptors (Lipinski definition) is 3. The van der Waals surface area contributed by atoms with E-state index in [1.54, 1.807) is 25.1 Å². The van der Waals surface area contributed by atoms with Crippen LogP contribution in [0.3, 0.4) is 0 Å². The van der Waals surface area contributed by atoms with Gasteiger partial charge < -0.3 is 5.11 Å². The Hall–Kier alpha value is -0.620. The first-order chi connectivity index (χ1) is 8.92. The third-order valence-corrected chi connectivity index (χ3v) is 4.96. The van der Waals surface area contributed by atoms with E-state index in [0.717, 1.165) is 0 Å². The Morgan fingerprint density at radius 2 is 1.89 bits per heavy atom. The highest BCUT2D eigenvalue weighted by Gasteiger charge is 2.28. The average molecular weight is 306 g/mol. The Morgan fingerprint density at radius 1 is 1.32 bits per heavy atom. The number of aliphatic hydroxyl groups excluding tert-OH is 1. The molecule has 2 unspecified atom stereocenters. The van der Waals surface area contributed by atoms with Gasteiger partial charge in [-0.25, -0.2) is 13.1 Å². The van der Waals surface area contributed by atoms with Gasteiger partial charge in [0.15, 0.2) is 0 Å². The molecule has 4 nitrogen and oxygen atoms in total. The molecular formula is C13H20ClNO3S. The van der Waals surface area contributed by atoms with Crippen molar-refractivity contribution in [1.29, 1.82) is 0 Å². The molecule has 0 aromatic heterocycles. The summed E-state index contributed by atoms with van der Waals surface area (Å²) in [4.78, 5) is 0.186. The molecule has 0 aliphatic heterocycles. The number of benzene rings is 1. The minimum atomic E-state index is -3.63. The van der Waals surface area contributed by atoms with Crippen molar-refractivity contribution in [3.63, 3.8) is 0 Å². The quantitative estimate of drug-likeness (QED) is 0.757. The molecular weight excluding hydrogens is 286 g/mol. The summed E-state index contributed by atoms with van der Waals surface area (Å²) in [6.07, 6.45) is 0.688. The van der Waals surface area contributed by atoms with E-state index in [9.17, 15) is 13.5 Å². The van der Waals surface area contributed by atoms with E-state index in [1.165, 1.54) is 12.1 Å². The molecule has 1 rings (SSSR count). The molecule has 0 amide bonds. The summed E-state index contributed by atoms with van der Waals surface area (Å²) in [5, 5.41) is 9.18. The van der Waals surface area contributed by atoms with Crippen molar-refractivity contribution < 1.29 is 13.5 Å². The van der Waals surface area contributed by atoms with Crippen LogP contribution in [-0.4, -0.2) is 31.6 Å². The predicted molar refractivity (Wildman–Crippen MR) is 76.7 cm³/mol. The number of hydrogen-bond donors (Lipinski definition) is 2. The average Bonchev–Trinajstić information content (AvgIpc) is 2.38. The Labute approximate surface area is 119 Å². The topological polar surface area (TPSA) is 66.4 Å². The number of nitrogens with one attached hydrogen (secondary N) is 1. The molecule has 2 N–H and O–H groups in total. The fourth-order valence-electron chi connectivity index (χ4n) is 2.06. The summed E-state index contributed by atoms with van der Waals surface area (Å²) in [5.74, 6) is -0.120. The van der Waals surface area contributed by atoms with Gasteiger partial charge in [-0.3, -0.25) is 0 Å². The predicted octanol–water partition coefficient (Wildman–Crippen LogP) is 1.98. The first-order valence-electron chi connectivity index (χ1n) is 6.24. The first-order valence-corrected chi connectivity index (χ1v) is 8.16. The Balaban J connectivity index is 2.92. The molecule has 0 saturated heterocycles. The maximum atomic E-state index is 12.2. The minimum Gasteiger partial charge on any atom is -0.395 e. The third kappa shape index (κ3) is 4.45. The zero-order valence-electron chi connectivity index (χ0n) is 11.1. The SMILES string of the molecule is CCC(C(C)Cl)[C@@H](CO)NS(=O)(=O)c1ccccc1. The second-order valence-electron chi connectivity index (χ2n) is 4.47. The number of sulfonamides is 1. The van der Waals surface area contributed by atoms with Gasteiger partial charge in [-0.2, -0.15) is 0 Å². The van der Waals surface area contributed by atoms with E-state index in [1.807, 2.05) is 6.92 Å². The molecule has 1 aromatic carbocycles.